The molecular formula is C16H22OS2Si. The molecular weight excluding hydrogens is 300 g/mol. The van der Waals surface area contributed by atoms with Gasteiger partial charge in [-0.1, -0.05) is 49.8 Å². The molecule has 20 heavy (non-hydrogen) atoms. The van der Waals surface area contributed by atoms with Crippen LogP contribution in [-0.4, -0.2) is 26.7 Å². The highest BCUT2D eigenvalue weighted by Crippen LogP contribution is 2.51. The van der Waals surface area contributed by atoms with Crippen LogP contribution in [0.25, 0.3) is 0 Å². The third-order valence-electron chi connectivity index (χ3n) is 2.94. The molecule has 0 N–H and O–H groups in total. The molecule has 108 valence electrons. The van der Waals surface area contributed by atoms with Crippen LogP contribution in [0.15, 0.2) is 24.3 Å². The van der Waals surface area contributed by atoms with Crippen LogP contribution in [0.2, 0.25) is 19.6 Å². The van der Waals surface area contributed by atoms with E-state index < -0.39 is 8.07 Å². The first-order valence-corrected chi connectivity index (χ1v) is 12.3. The lowest BCUT2D eigenvalue weighted by molar-refractivity contribution is 0.185. The van der Waals surface area contributed by atoms with E-state index in [0.717, 1.165) is 0 Å². The van der Waals surface area contributed by atoms with Crippen LogP contribution >= 0.6 is 23.5 Å². The fraction of sp³-hybridized carbons (Fsp3) is 0.500. The van der Waals surface area contributed by atoms with Gasteiger partial charge in [0.2, 0.25) is 0 Å². The van der Waals surface area contributed by atoms with Crippen LogP contribution in [0.3, 0.4) is 0 Å². The van der Waals surface area contributed by atoms with Gasteiger partial charge in [-0.25, -0.2) is 0 Å². The van der Waals surface area contributed by atoms with Gasteiger partial charge in [0.25, 0.3) is 0 Å². The zero-order valence-corrected chi connectivity index (χ0v) is 15.3. The first kappa shape index (κ1) is 16.0. The van der Waals surface area contributed by atoms with Gasteiger partial charge in [0.15, 0.2) is 0 Å². The van der Waals surface area contributed by atoms with Crippen LogP contribution < -0.4 is 0 Å². The molecule has 1 aliphatic heterocycles. The van der Waals surface area contributed by atoms with Gasteiger partial charge >= 0.3 is 0 Å². The Morgan fingerprint density at radius 2 is 1.75 bits per heavy atom. The smallest absolute Gasteiger partial charge is 0.147 e. The quantitative estimate of drug-likeness (QED) is 0.605. The summed E-state index contributed by atoms with van der Waals surface area (Å²) in [5.74, 6) is 5.98. The van der Waals surface area contributed by atoms with Gasteiger partial charge in [0, 0.05) is 18.6 Å². The summed E-state index contributed by atoms with van der Waals surface area (Å²) in [4.78, 5) is 0. The third-order valence-corrected chi connectivity index (χ3v) is 7.09. The Balaban J connectivity index is 2.30. The molecule has 0 atom stereocenters. The number of ether oxygens (including phenoxy) is 1. The van der Waals surface area contributed by atoms with Crippen molar-refractivity contribution >= 4 is 31.6 Å². The minimum Gasteiger partial charge on any atom is -0.380 e. The number of thioether (sulfide) groups is 2. The first-order valence-electron chi connectivity index (χ1n) is 6.86. The Morgan fingerprint density at radius 1 is 1.15 bits per heavy atom. The second kappa shape index (κ2) is 6.61. The highest BCUT2D eigenvalue weighted by atomic mass is 32.2. The number of benzene rings is 1. The van der Waals surface area contributed by atoms with Crippen molar-refractivity contribution in [1.82, 2.24) is 0 Å². The lowest BCUT2D eigenvalue weighted by Gasteiger charge is -2.22. The topological polar surface area (TPSA) is 9.23 Å². The van der Waals surface area contributed by atoms with Crippen molar-refractivity contribution in [3.8, 4) is 11.5 Å². The van der Waals surface area contributed by atoms with E-state index in [-0.39, 0.29) is 4.08 Å². The van der Waals surface area contributed by atoms with Crippen LogP contribution in [0.5, 0.6) is 0 Å². The van der Waals surface area contributed by atoms with Crippen molar-refractivity contribution in [2.24, 2.45) is 0 Å². The number of hydrogen-bond donors (Lipinski definition) is 0. The lowest BCUT2D eigenvalue weighted by atomic mass is 10.1. The standard InChI is InChI=1S/C16H22OS2Si/c1-17-13-14-5-7-15(8-6-14)16(18-10-11-19-16)9-12-20(2,3)4/h5-8H,10-11,13H2,1-4H3. The Hall–Kier alpha value is -0.343. The van der Waals surface area contributed by atoms with Gasteiger partial charge in [0.05, 0.1) is 6.61 Å². The van der Waals surface area contributed by atoms with Gasteiger partial charge < -0.3 is 4.74 Å². The average molecular weight is 323 g/mol. The molecule has 4 heteroatoms. The minimum absolute atomic E-state index is 0.0497. The molecule has 2 rings (SSSR count). The highest BCUT2D eigenvalue weighted by molar-refractivity contribution is 8.21. The zero-order valence-electron chi connectivity index (χ0n) is 12.7. The van der Waals surface area contributed by atoms with Gasteiger partial charge in [0.1, 0.15) is 12.2 Å². The number of methoxy groups -OCH3 is 1. The van der Waals surface area contributed by atoms with Crippen LogP contribution in [0.4, 0.5) is 0 Å². The van der Waals surface area contributed by atoms with E-state index in [1.54, 1.807) is 7.11 Å². The maximum absolute atomic E-state index is 5.18. The van der Waals surface area contributed by atoms with Crippen molar-refractivity contribution in [1.29, 1.82) is 0 Å². The van der Waals surface area contributed by atoms with Crippen LogP contribution in [0.1, 0.15) is 11.1 Å². The fourth-order valence-electron chi connectivity index (χ4n) is 1.98. The van der Waals surface area contributed by atoms with Crippen molar-refractivity contribution < 1.29 is 4.74 Å². The number of hydrogen-bond acceptors (Lipinski definition) is 3. The highest BCUT2D eigenvalue weighted by Gasteiger charge is 2.36. The second-order valence-electron chi connectivity index (χ2n) is 5.94. The Kier molecular flexibility index (Phi) is 5.30. The molecule has 0 spiro atoms. The SMILES string of the molecule is COCc1ccc(C2(C#C[Si](C)(C)C)SCCS2)cc1. The van der Waals surface area contributed by atoms with Crippen molar-refractivity contribution in [3.63, 3.8) is 0 Å². The molecule has 1 aliphatic rings. The monoisotopic (exact) mass is 322 g/mol. The molecule has 1 fully saturated rings. The Bertz CT molecular complexity index is 502. The molecule has 1 heterocycles. The summed E-state index contributed by atoms with van der Waals surface area (Å²) in [5, 5.41) is 0. The summed E-state index contributed by atoms with van der Waals surface area (Å²) in [6, 6.07) is 8.77. The summed E-state index contributed by atoms with van der Waals surface area (Å²) in [6.45, 7) is 7.59. The predicted molar refractivity (Wildman–Crippen MR) is 94.9 cm³/mol. The molecule has 0 amide bonds. The van der Waals surface area contributed by atoms with Crippen molar-refractivity contribution in [2.45, 2.75) is 30.3 Å². The van der Waals surface area contributed by atoms with Crippen molar-refractivity contribution in [2.75, 3.05) is 18.6 Å². The largest absolute Gasteiger partial charge is 0.380 e. The zero-order chi connectivity index (χ0) is 14.6. The summed E-state index contributed by atoms with van der Waals surface area (Å²) >= 11 is 3.97. The molecule has 1 saturated heterocycles. The molecule has 1 nitrogen and oxygen atoms in total. The molecule has 0 aliphatic carbocycles. The maximum Gasteiger partial charge on any atom is 0.147 e. The lowest BCUT2D eigenvalue weighted by Crippen LogP contribution is -2.19. The first-order chi connectivity index (χ1) is 9.45. The van der Waals surface area contributed by atoms with E-state index in [2.05, 4.69) is 55.4 Å². The Labute approximate surface area is 132 Å². The normalized spacial score (nSPS) is 17.6. The van der Waals surface area contributed by atoms with E-state index in [9.17, 15) is 0 Å². The average Bonchev–Trinajstić information content (AvgIpc) is 2.87. The van der Waals surface area contributed by atoms with E-state index in [1.165, 1.54) is 22.6 Å². The van der Waals surface area contributed by atoms with E-state index in [1.807, 2.05) is 23.5 Å². The fourth-order valence-corrected chi connectivity index (χ4v) is 5.65. The summed E-state index contributed by atoms with van der Waals surface area (Å²) < 4.78 is 5.13. The van der Waals surface area contributed by atoms with Crippen LogP contribution in [-0.2, 0) is 15.4 Å². The maximum atomic E-state index is 5.18. The van der Waals surface area contributed by atoms with E-state index >= 15 is 0 Å². The molecule has 0 radical (unpaired) electrons. The summed E-state index contributed by atoms with van der Waals surface area (Å²) in [5.41, 5.74) is 6.11. The van der Waals surface area contributed by atoms with E-state index in [0.29, 0.717) is 6.61 Å². The molecule has 0 unspecified atom stereocenters. The molecule has 1 aromatic carbocycles. The van der Waals surface area contributed by atoms with Gasteiger partial charge in [-0.05, 0) is 11.1 Å². The van der Waals surface area contributed by atoms with Crippen molar-refractivity contribution in [3.05, 3.63) is 35.4 Å². The van der Waals surface area contributed by atoms with Gasteiger partial charge in [-0.3, -0.25) is 0 Å². The van der Waals surface area contributed by atoms with Gasteiger partial charge in [-0.15, -0.1) is 29.1 Å². The predicted octanol–water partition coefficient (Wildman–Crippen LogP) is 4.35. The number of rotatable bonds is 3. The van der Waals surface area contributed by atoms with Crippen LogP contribution in [0, 0.1) is 11.5 Å². The molecule has 0 saturated carbocycles. The molecule has 0 aromatic heterocycles. The minimum atomic E-state index is -1.34. The molecule has 0 bridgehead atoms. The van der Waals surface area contributed by atoms with E-state index in [4.69, 9.17) is 4.74 Å². The van der Waals surface area contributed by atoms with Gasteiger partial charge in [-0.2, -0.15) is 0 Å². The molecule has 1 aromatic rings. The summed E-state index contributed by atoms with van der Waals surface area (Å²) in [7, 11) is 0.398. The third kappa shape index (κ3) is 4.08. The Morgan fingerprint density at radius 3 is 2.25 bits per heavy atom. The second-order valence-corrected chi connectivity index (χ2v) is 13.6. The summed E-state index contributed by atoms with van der Waals surface area (Å²) in [6.07, 6.45) is 0.